The summed E-state index contributed by atoms with van der Waals surface area (Å²) in [4.78, 5) is 22.1. The molecule has 0 bridgehead atoms. The van der Waals surface area contributed by atoms with E-state index in [1.54, 1.807) is 0 Å². The van der Waals surface area contributed by atoms with Gasteiger partial charge in [0.05, 0.1) is 9.95 Å². The molecule has 0 aliphatic heterocycles. The zero-order valence-corrected chi connectivity index (χ0v) is 12.4. The average Bonchev–Trinajstić information content (AvgIpc) is 2.44. The molecule has 2 aromatic rings. The van der Waals surface area contributed by atoms with Crippen LogP contribution in [0, 0.1) is 15.9 Å². The van der Waals surface area contributed by atoms with Crippen molar-refractivity contribution in [1.29, 1.82) is 0 Å². The lowest BCUT2D eigenvalue weighted by atomic mass is 10.1. The molecule has 0 unspecified atom stereocenters. The van der Waals surface area contributed by atoms with Gasteiger partial charge in [0.25, 0.3) is 0 Å². The lowest BCUT2D eigenvalue weighted by Crippen LogP contribution is -2.13. The monoisotopic (exact) mass is 343 g/mol. The number of ketones is 1. The molecule has 5 nitrogen and oxygen atoms in total. The molecule has 0 aromatic heterocycles. The van der Waals surface area contributed by atoms with Crippen LogP contribution in [0.15, 0.2) is 36.4 Å². The van der Waals surface area contributed by atoms with E-state index in [4.69, 9.17) is 27.9 Å². The van der Waals surface area contributed by atoms with Crippen molar-refractivity contribution in [2.45, 2.75) is 0 Å². The van der Waals surface area contributed by atoms with Gasteiger partial charge in [-0.25, -0.2) is 4.39 Å². The van der Waals surface area contributed by atoms with Crippen molar-refractivity contribution >= 4 is 34.7 Å². The minimum atomic E-state index is -0.728. The second kappa shape index (κ2) is 6.72. The molecule has 0 atom stereocenters. The minimum Gasteiger partial charge on any atom is -0.478 e. The molecular formula is C14H8Cl2FNO4. The van der Waals surface area contributed by atoms with Crippen LogP contribution in [0.5, 0.6) is 5.75 Å². The number of nitrogens with zero attached hydrogens (tertiary/aromatic N) is 1. The van der Waals surface area contributed by atoms with Crippen LogP contribution in [0.4, 0.5) is 10.1 Å². The van der Waals surface area contributed by atoms with Gasteiger partial charge in [0.1, 0.15) is 5.82 Å². The Morgan fingerprint density at radius 3 is 2.59 bits per heavy atom. The molecule has 0 N–H and O–H groups in total. The van der Waals surface area contributed by atoms with Gasteiger partial charge in [-0.2, -0.15) is 0 Å². The number of benzene rings is 2. The first kappa shape index (κ1) is 16.2. The second-order valence-corrected chi connectivity index (χ2v) is 5.05. The van der Waals surface area contributed by atoms with Gasteiger partial charge < -0.3 is 4.74 Å². The first-order valence-corrected chi connectivity index (χ1v) is 6.69. The summed E-state index contributed by atoms with van der Waals surface area (Å²) < 4.78 is 18.2. The lowest BCUT2D eigenvalue weighted by molar-refractivity contribution is -0.385. The third kappa shape index (κ3) is 3.72. The van der Waals surface area contributed by atoms with E-state index in [2.05, 4.69) is 0 Å². The Hall–Kier alpha value is -2.18. The van der Waals surface area contributed by atoms with Gasteiger partial charge in [-0.15, -0.1) is 0 Å². The number of nitro benzene ring substituents is 1. The van der Waals surface area contributed by atoms with Crippen LogP contribution in [-0.4, -0.2) is 17.3 Å². The Morgan fingerprint density at radius 1 is 1.23 bits per heavy atom. The summed E-state index contributed by atoms with van der Waals surface area (Å²) in [6, 6.07) is 7.02. The minimum absolute atomic E-state index is 0.134. The van der Waals surface area contributed by atoms with E-state index in [0.29, 0.717) is 5.02 Å². The van der Waals surface area contributed by atoms with Crippen LogP contribution in [0.25, 0.3) is 0 Å². The van der Waals surface area contributed by atoms with Gasteiger partial charge in [-0.1, -0.05) is 23.2 Å². The maximum Gasteiger partial charge on any atom is 0.311 e. The summed E-state index contributed by atoms with van der Waals surface area (Å²) in [5, 5.41) is 11.3. The molecule has 0 amide bonds. The predicted octanol–water partition coefficient (Wildman–Crippen LogP) is 4.30. The number of Topliss-reactive ketones (excluding diaryl/α,β-unsaturated/α-hetero) is 1. The molecule has 0 fully saturated rings. The fourth-order valence-electron chi connectivity index (χ4n) is 1.69. The van der Waals surface area contributed by atoms with Crippen LogP contribution in [0.3, 0.4) is 0 Å². The lowest BCUT2D eigenvalue weighted by Gasteiger charge is -2.07. The zero-order valence-electron chi connectivity index (χ0n) is 10.9. The van der Waals surface area contributed by atoms with Gasteiger partial charge in [-0.05, 0) is 24.3 Å². The average molecular weight is 344 g/mol. The van der Waals surface area contributed by atoms with Gasteiger partial charge in [0.15, 0.2) is 12.4 Å². The number of carbonyl (C=O) groups excluding carboxylic acids is 1. The quantitative estimate of drug-likeness (QED) is 0.461. The standard InChI is InChI=1S/C14H8Cl2FNO4/c15-8-1-3-10(11(16)5-8)13(19)7-22-14-6-9(17)2-4-12(14)18(20)21/h1-6H,7H2. The topological polar surface area (TPSA) is 69.4 Å². The number of ether oxygens (including phenoxy) is 1. The maximum absolute atomic E-state index is 13.1. The Bertz CT molecular complexity index is 752. The van der Waals surface area contributed by atoms with E-state index < -0.39 is 28.8 Å². The van der Waals surface area contributed by atoms with E-state index in [1.165, 1.54) is 18.2 Å². The number of hydrogen-bond acceptors (Lipinski definition) is 4. The van der Waals surface area contributed by atoms with Crippen LogP contribution < -0.4 is 4.74 Å². The Morgan fingerprint density at radius 2 is 1.95 bits per heavy atom. The molecule has 22 heavy (non-hydrogen) atoms. The van der Waals surface area contributed by atoms with Crippen molar-refractivity contribution in [2.75, 3.05) is 6.61 Å². The predicted molar refractivity (Wildman–Crippen MR) is 79.3 cm³/mol. The first-order valence-electron chi connectivity index (χ1n) is 5.93. The van der Waals surface area contributed by atoms with Crippen LogP contribution in [-0.2, 0) is 0 Å². The molecule has 114 valence electrons. The molecule has 0 saturated carbocycles. The zero-order chi connectivity index (χ0) is 16.3. The van der Waals surface area contributed by atoms with Gasteiger partial charge in [0, 0.05) is 22.7 Å². The summed E-state index contributed by atoms with van der Waals surface area (Å²) in [6.45, 7) is -0.522. The molecular weight excluding hydrogens is 336 g/mol. The SMILES string of the molecule is O=C(COc1cc(F)ccc1[N+](=O)[O-])c1ccc(Cl)cc1Cl. The number of hydrogen-bond donors (Lipinski definition) is 0. The molecule has 2 aromatic carbocycles. The van der Waals surface area contributed by atoms with Crippen molar-refractivity contribution in [3.63, 3.8) is 0 Å². The molecule has 0 radical (unpaired) electrons. The molecule has 8 heteroatoms. The highest BCUT2D eigenvalue weighted by Gasteiger charge is 2.18. The highest BCUT2D eigenvalue weighted by atomic mass is 35.5. The maximum atomic E-state index is 13.1. The number of carbonyl (C=O) groups is 1. The molecule has 0 spiro atoms. The van der Waals surface area contributed by atoms with Crippen LogP contribution in [0.1, 0.15) is 10.4 Å². The fraction of sp³-hybridized carbons (Fsp3) is 0.0714. The fourth-order valence-corrected chi connectivity index (χ4v) is 2.20. The number of rotatable bonds is 5. The Labute approximate surface area is 134 Å². The van der Waals surface area contributed by atoms with Crippen molar-refractivity contribution in [3.05, 3.63) is 67.9 Å². The Kier molecular flexibility index (Phi) is 4.95. The molecule has 0 aliphatic carbocycles. The van der Waals surface area contributed by atoms with Crippen molar-refractivity contribution in [1.82, 2.24) is 0 Å². The van der Waals surface area contributed by atoms with Crippen LogP contribution in [0.2, 0.25) is 10.0 Å². The summed E-state index contributed by atoms with van der Waals surface area (Å²) in [5.41, 5.74) is -0.276. The third-order valence-electron chi connectivity index (χ3n) is 2.71. The third-order valence-corrected chi connectivity index (χ3v) is 3.26. The van der Waals surface area contributed by atoms with E-state index >= 15 is 0 Å². The molecule has 0 heterocycles. The van der Waals surface area contributed by atoms with Gasteiger partial charge in [0.2, 0.25) is 5.78 Å². The first-order chi connectivity index (χ1) is 10.4. The normalized spacial score (nSPS) is 10.3. The molecule has 0 aliphatic rings. The Balaban J connectivity index is 2.18. The second-order valence-electron chi connectivity index (χ2n) is 4.21. The van der Waals surface area contributed by atoms with Crippen molar-refractivity contribution in [3.8, 4) is 5.75 Å². The molecule has 2 rings (SSSR count). The number of nitro groups is 1. The van der Waals surface area contributed by atoms with Crippen LogP contribution >= 0.6 is 23.2 Å². The smallest absolute Gasteiger partial charge is 0.311 e. The largest absolute Gasteiger partial charge is 0.478 e. The van der Waals surface area contributed by atoms with Gasteiger partial charge >= 0.3 is 5.69 Å². The van der Waals surface area contributed by atoms with Gasteiger partial charge in [-0.3, -0.25) is 14.9 Å². The summed E-state index contributed by atoms with van der Waals surface area (Å²) in [7, 11) is 0. The highest BCUT2D eigenvalue weighted by Crippen LogP contribution is 2.28. The van der Waals surface area contributed by atoms with E-state index in [1.807, 2.05) is 0 Å². The summed E-state index contributed by atoms with van der Waals surface area (Å²) in [5.74, 6) is -1.55. The summed E-state index contributed by atoms with van der Waals surface area (Å²) in [6.07, 6.45) is 0. The highest BCUT2D eigenvalue weighted by molar-refractivity contribution is 6.36. The number of halogens is 3. The van der Waals surface area contributed by atoms with Crippen molar-refractivity contribution in [2.24, 2.45) is 0 Å². The van der Waals surface area contributed by atoms with E-state index in [0.717, 1.165) is 18.2 Å². The summed E-state index contributed by atoms with van der Waals surface area (Å²) >= 11 is 11.6. The van der Waals surface area contributed by atoms with E-state index in [-0.39, 0.29) is 16.3 Å². The molecule has 0 saturated heterocycles. The van der Waals surface area contributed by atoms with Crippen molar-refractivity contribution < 1.29 is 18.8 Å². The van der Waals surface area contributed by atoms with E-state index in [9.17, 15) is 19.3 Å².